The fourth-order valence-electron chi connectivity index (χ4n) is 2.26. The maximum Gasteiger partial charge on any atom is 0.260 e. The van der Waals surface area contributed by atoms with Crippen LogP contribution in [0, 0.1) is 6.92 Å². The van der Waals surface area contributed by atoms with Crippen LogP contribution in [0.25, 0.3) is 0 Å². The highest BCUT2D eigenvalue weighted by atomic mass is 35.5. The third kappa shape index (κ3) is 4.01. The molecule has 1 aromatic rings. The third-order valence-corrected chi connectivity index (χ3v) is 3.85. The van der Waals surface area contributed by atoms with Crippen molar-refractivity contribution >= 4 is 23.4 Å². The maximum absolute atomic E-state index is 12.1. The van der Waals surface area contributed by atoms with Crippen LogP contribution in [0.1, 0.15) is 5.56 Å². The Bertz CT molecular complexity index is 581. The highest BCUT2D eigenvalue weighted by Crippen LogP contribution is 2.25. The summed E-state index contributed by atoms with van der Waals surface area (Å²) in [7, 11) is 0. The van der Waals surface area contributed by atoms with Crippen LogP contribution >= 0.6 is 11.6 Å². The molecular weight excluding hydrogens is 304 g/mol. The lowest BCUT2D eigenvalue weighted by atomic mass is 10.2. The number of benzene rings is 1. The first-order valence-electron chi connectivity index (χ1n) is 7.09. The first-order valence-corrected chi connectivity index (χ1v) is 7.47. The van der Waals surface area contributed by atoms with Crippen molar-refractivity contribution in [3.8, 4) is 5.75 Å². The van der Waals surface area contributed by atoms with E-state index in [2.05, 4.69) is 6.58 Å². The molecule has 0 atom stereocenters. The van der Waals surface area contributed by atoms with Gasteiger partial charge in [-0.05, 0) is 30.7 Å². The van der Waals surface area contributed by atoms with E-state index >= 15 is 0 Å². The number of aryl methyl sites for hydroxylation is 1. The van der Waals surface area contributed by atoms with Crippen LogP contribution in [-0.4, -0.2) is 54.4 Å². The average molecular weight is 323 g/mol. The summed E-state index contributed by atoms with van der Waals surface area (Å²) in [6.07, 6.45) is 1.29. The van der Waals surface area contributed by atoms with Gasteiger partial charge < -0.3 is 14.5 Å². The van der Waals surface area contributed by atoms with Crippen molar-refractivity contribution in [1.29, 1.82) is 0 Å². The number of halogens is 1. The summed E-state index contributed by atoms with van der Waals surface area (Å²) < 4.78 is 5.48. The number of nitrogens with zero attached hydrogens (tertiary/aromatic N) is 2. The van der Waals surface area contributed by atoms with Crippen LogP contribution in [0.3, 0.4) is 0 Å². The molecule has 1 aromatic carbocycles. The molecule has 1 saturated heterocycles. The molecule has 1 fully saturated rings. The molecule has 5 nitrogen and oxygen atoms in total. The molecule has 0 N–H and O–H groups in total. The van der Waals surface area contributed by atoms with E-state index in [4.69, 9.17) is 16.3 Å². The molecule has 0 aromatic heterocycles. The standard InChI is InChI=1S/C16H19ClN2O3/c1-3-15(20)18-6-8-19(9-7-18)16(21)11-22-14-5-4-12(2)10-13(14)17/h3-5,10H,1,6-9,11H2,2H3. The van der Waals surface area contributed by atoms with Gasteiger partial charge in [0, 0.05) is 26.2 Å². The summed E-state index contributed by atoms with van der Waals surface area (Å²) in [5.41, 5.74) is 1.03. The van der Waals surface area contributed by atoms with Gasteiger partial charge in [0.05, 0.1) is 5.02 Å². The van der Waals surface area contributed by atoms with Crippen LogP contribution in [-0.2, 0) is 9.59 Å². The summed E-state index contributed by atoms with van der Waals surface area (Å²) in [5.74, 6) is 0.290. The minimum absolute atomic E-state index is 0.0574. The lowest BCUT2D eigenvalue weighted by Gasteiger charge is -2.34. The minimum Gasteiger partial charge on any atom is -0.482 e. The Morgan fingerprint density at radius 2 is 1.91 bits per heavy atom. The Morgan fingerprint density at radius 3 is 2.50 bits per heavy atom. The Kier molecular flexibility index (Phi) is 5.44. The van der Waals surface area contributed by atoms with E-state index in [1.807, 2.05) is 13.0 Å². The second-order valence-electron chi connectivity index (χ2n) is 5.13. The Balaban J connectivity index is 1.83. The van der Waals surface area contributed by atoms with Crippen LogP contribution in [0.4, 0.5) is 0 Å². The highest BCUT2D eigenvalue weighted by molar-refractivity contribution is 6.32. The van der Waals surface area contributed by atoms with Crippen molar-refractivity contribution in [2.75, 3.05) is 32.8 Å². The topological polar surface area (TPSA) is 49.9 Å². The fourth-order valence-corrected chi connectivity index (χ4v) is 2.55. The molecule has 1 aliphatic heterocycles. The lowest BCUT2D eigenvalue weighted by Crippen LogP contribution is -2.51. The Morgan fingerprint density at radius 1 is 1.27 bits per heavy atom. The largest absolute Gasteiger partial charge is 0.482 e. The number of amides is 2. The molecule has 1 aliphatic rings. The first-order chi connectivity index (χ1) is 10.5. The van der Waals surface area contributed by atoms with Gasteiger partial charge in [-0.25, -0.2) is 0 Å². The molecule has 2 rings (SSSR count). The average Bonchev–Trinajstić information content (AvgIpc) is 2.53. The van der Waals surface area contributed by atoms with E-state index in [0.29, 0.717) is 37.0 Å². The molecule has 1 heterocycles. The van der Waals surface area contributed by atoms with Crippen molar-refractivity contribution in [2.45, 2.75) is 6.92 Å². The third-order valence-electron chi connectivity index (χ3n) is 3.56. The van der Waals surface area contributed by atoms with Crippen molar-refractivity contribution in [1.82, 2.24) is 9.80 Å². The van der Waals surface area contributed by atoms with Crippen LogP contribution in [0.5, 0.6) is 5.75 Å². The quantitative estimate of drug-likeness (QED) is 0.795. The van der Waals surface area contributed by atoms with Gasteiger partial charge in [0.1, 0.15) is 5.75 Å². The molecule has 118 valence electrons. The smallest absolute Gasteiger partial charge is 0.260 e. The fraction of sp³-hybridized carbons (Fsp3) is 0.375. The van der Waals surface area contributed by atoms with E-state index in [-0.39, 0.29) is 18.4 Å². The molecule has 6 heteroatoms. The van der Waals surface area contributed by atoms with Crippen LogP contribution in [0.2, 0.25) is 5.02 Å². The number of carbonyl (C=O) groups excluding carboxylic acids is 2. The summed E-state index contributed by atoms with van der Waals surface area (Å²) in [6.45, 7) is 7.38. The summed E-state index contributed by atoms with van der Waals surface area (Å²) in [6, 6.07) is 5.43. The number of hydrogen-bond donors (Lipinski definition) is 0. The normalized spacial score (nSPS) is 14.6. The zero-order valence-electron chi connectivity index (χ0n) is 12.5. The van der Waals surface area contributed by atoms with Crippen molar-refractivity contribution < 1.29 is 14.3 Å². The van der Waals surface area contributed by atoms with Gasteiger partial charge in [0.2, 0.25) is 5.91 Å². The van der Waals surface area contributed by atoms with Gasteiger partial charge in [0.25, 0.3) is 5.91 Å². The highest BCUT2D eigenvalue weighted by Gasteiger charge is 2.23. The van der Waals surface area contributed by atoms with Crippen molar-refractivity contribution in [3.63, 3.8) is 0 Å². The summed E-state index contributed by atoms with van der Waals surface area (Å²) in [5, 5.41) is 0.495. The van der Waals surface area contributed by atoms with E-state index in [0.717, 1.165) is 5.56 Å². The molecule has 0 saturated carbocycles. The van der Waals surface area contributed by atoms with Gasteiger partial charge in [-0.1, -0.05) is 24.2 Å². The van der Waals surface area contributed by atoms with E-state index in [1.165, 1.54) is 6.08 Å². The molecule has 22 heavy (non-hydrogen) atoms. The number of piperazine rings is 1. The SMILES string of the molecule is C=CC(=O)N1CCN(C(=O)COc2ccc(C)cc2Cl)CC1. The van der Waals surface area contributed by atoms with Gasteiger partial charge in [0.15, 0.2) is 6.61 Å². The molecule has 0 bridgehead atoms. The molecule has 2 amide bonds. The predicted molar refractivity (Wildman–Crippen MR) is 85.0 cm³/mol. The van der Waals surface area contributed by atoms with Gasteiger partial charge in [-0.15, -0.1) is 0 Å². The number of carbonyl (C=O) groups is 2. The number of rotatable bonds is 4. The molecule has 0 unspecified atom stereocenters. The van der Waals surface area contributed by atoms with Crippen molar-refractivity contribution in [2.24, 2.45) is 0 Å². The second-order valence-corrected chi connectivity index (χ2v) is 5.54. The molecule has 0 aliphatic carbocycles. The minimum atomic E-state index is -0.109. The van der Waals surface area contributed by atoms with Crippen LogP contribution in [0.15, 0.2) is 30.9 Å². The lowest BCUT2D eigenvalue weighted by molar-refractivity contribution is -0.138. The van der Waals surface area contributed by atoms with E-state index in [9.17, 15) is 9.59 Å². The van der Waals surface area contributed by atoms with Gasteiger partial charge in [-0.2, -0.15) is 0 Å². The first kappa shape index (κ1) is 16.4. The molecular formula is C16H19ClN2O3. The maximum atomic E-state index is 12.1. The summed E-state index contributed by atoms with van der Waals surface area (Å²) >= 11 is 6.07. The van der Waals surface area contributed by atoms with Gasteiger partial charge >= 0.3 is 0 Å². The Labute approximate surface area is 135 Å². The second kappa shape index (κ2) is 7.31. The molecule has 0 spiro atoms. The van der Waals surface area contributed by atoms with Crippen molar-refractivity contribution in [3.05, 3.63) is 41.4 Å². The van der Waals surface area contributed by atoms with E-state index < -0.39 is 0 Å². The zero-order chi connectivity index (χ0) is 16.1. The zero-order valence-corrected chi connectivity index (χ0v) is 13.3. The monoisotopic (exact) mass is 322 g/mol. The summed E-state index contributed by atoms with van der Waals surface area (Å²) in [4.78, 5) is 27.0. The Hall–Kier alpha value is -2.01. The molecule has 0 radical (unpaired) electrons. The van der Waals surface area contributed by atoms with E-state index in [1.54, 1.807) is 21.9 Å². The number of ether oxygens (including phenoxy) is 1. The van der Waals surface area contributed by atoms with Gasteiger partial charge in [-0.3, -0.25) is 9.59 Å². The van der Waals surface area contributed by atoms with Crippen LogP contribution < -0.4 is 4.74 Å². The predicted octanol–water partition coefficient (Wildman–Crippen LogP) is 1.88. The number of hydrogen-bond acceptors (Lipinski definition) is 3.